The van der Waals surface area contributed by atoms with Crippen LogP contribution < -0.4 is 5.43 Å². The van der Waals surface area contributed by atoms with Gasteiger partial charge < -0.3 is 0 Å². The van der Waals surface area contributed by atoms with Crippen LogP contribution in [0.15, 0.2) is 65.8 Å². The molecule has 3 aromatic carbocycles. The molecule has 5 rings (SSSR count). The Balaban J connectivity index is 1.35. The summed E-state index contributed by atoms with van der Waals surface area (Å²) in [4.78, 5) is 12.5. The van der Waals surface area contributed by atoms with Crippen molar-refractivity contribution in [3.05, 3.63) is 82.9 Å². The van der Waals surface area contributed by atoms with Gasteiger partial charge in [-0.05, 0) is 59.6 Å². The lowest BCUT2D eigenvalue weighted by atomic mass is 9.98. The number of nitrogens with zero attached hydrogens (tertiary/aromatic N) is 1. The van der Waals surface area contributed by atoms with Crippen molar-refractivity contribution in [2.75, 3.05) is 0 Å². The fourth-order valence-corrected chi connectivity index (χ4v) is 4.40. The molecule has 2 atom stereocenters. The first-order chi connectivity index (χ1) is 13.2. The van der Waals surface area contributed by atoms with Crippen molar-refractivity contribution in [2.24, 2.45) is 11.0 Å². The third kappa shape index (κ3) is 2.84. The van der Waals surface area contributed by atoms with E-state index in [1.807, 2.05) is 25.1 Å². The summed E-state index contributed by atoms with van der Waals surface area (Å²) >= 11 is 0. The van der Waals surface area contributed by atoms with Crippen molar-refractivity contribution in [1.29, 1.82) is 0 Å². The molecule has 134 valence electrons. The van der Waals surface area contributed by atoms with Crippen molar-refractivity contribution in [2.45, 2.75) is 32.1 Å². The molecule has 0 bridgehead atoms. The zero-order chi connectivity index (χ0) is 18.4. The quantitative estimate of drug-likeness (QED) is 0.541. The molecule has 0 unspecified atom stereocenters. The van der Waals surface area contributed by atoms with Crippen LogP contribution in [0.3, 0.4) is 0 Å². The van der Waals surface area contributed by atoms with Gasteiger partial charge in [-0.2, -0.15) is 5.10 Å². The van der Waals surface area contributed by atoms with Crippen LogP contribution in [0.4, 0.5) is 0 Å². The number of hydrogen-bond donors (Lipinski definition) is 1. The lowest BCUT2D eigenvalue weighted by Gasteiger charge is -2.09. The summed E-state index contributed by atoms with van der Waals surface area (Å²) in [5.74, 6) is 0.393. The summed E-state index contributed by atoms with van der Waals surface area (Å²) < 4.78 is 0. The third-order valence-corrected chi connectivity index (χ3v) is 5.96. The topological polar surface area (TPSA) is 41.5 Å². The highest BCUT2D eigenvalue weighted by Crippen LogP contribution is 2.47. The number of hydrogen-bond acceptors (Lipinski definition) is 2. The summed E-state index contributed by atoms with van der Waals surface area (Å²) in [6.07, 6.45) is 3.14. The number of amides is 1. The number of aryl methyl sites for hydroxylation is 2. The van der Waals surface area contributed by atoms with Crippen LogP contribution in [0.2, 0.25) is 0 Å². The van der Waals surface area contributed by atoms with E-state index in [4.69, 9.17) is 0 Å². The van der Waals surface area contributed by atoms with Crippen LogP contribution in [-0.4, -0.2) is 11.6 Å². The average molecular weight is 354 g/mol. The van der Waals surface area contributed by atoms with Crippen LogP contribution in [0.25, 0.3) is 10.8 Å². The Hall–Kier alpha value is -2.94. The molecule has 3 nitrogen and oxygen atoms in total. The van der Waals surface area contributed by atoms with Crippen molar-refractivity contribution in [3.63, 3.8) is 0 Å². The van der Waals surface area contributed by atoms with Gasteiger partial charge in [0.15, 0.2) is 0 Å². The Kier molecular flexibility index (Phi) is 3.82. The van der Waals surface area contributed by atoms with Gasteiger partial charge in [0.1, 0.15) is 0 Å². The van der Waals surface area contributed by atoms with E-state index in [1.54, 1.807) is 0 Å². The fourth-order valence-electron chi connectivity index (χ4n) is 4.40. The molecule has 0 saturated heterocycles. The van der Waals surface area contributed by atoms with E-state index in [0.717, 1.165) is 30.5 Å². The fraction of sp³-hybridized carbons (Fsp3) is 0.250. The summed E-state index contributed by atoms with van der Waals surface area (Å²) in [5.41, 5.74) is 8.85. The molecule has 0 radical (unpaired) electrons. The number of carbonyl (C=O) groups is 1. The summed E-state index contributed by atoms with van der Waals surface area (Å²) in [7, 11) is 0. The van der Waals surface area contributed by atoms with Gasteiger partial charge in [0.2, 0.25) is 5.91 Å². The zero-order valence-electron chi connectivity index (χ0n) is 15.4. The lowest BCUT2D eigenvalue weighted by Crippen LogP contribution is -2.21. The molecule has 2 aliphatic rings. The van der Waals surface area contributed by atoms with Gasteiger partial charge in [-0.15, -0.1) is 0 Å². The highest BCUT2D eigenvalue weighted by molar-refractivity contribution is 6.11. The van der Waals surface area contributed by atoms with Gasteiger partial charge in [0.25, 0.3) is 0 Å². The molecule has 0 spiro atoms. The minimum absolute atomic E-state index is 0.0223. The second-order valence-electron chi connectivity index (χ2n) is 7.64. The first kappa shape index (κ1) is 16.2. The van der Waals surface area contributed by atoms with E-state index in [2.05, 4.69) is 53.0 Å². The highest BCUT2D eigenvalue weighted by Gasteiger charge is 2.43. The van der Waals surface area contributed by atoms with Gasteiger partial charge in [0, 0.05) is 11.5 Å². The van der Waals surface area contributed by atoms with Crippen LogP contribution in [0.1, 0.15) is 41.5 Å². The zero-order valence-corrected chi connectivity index (χ0v) is 15.4. The molecule has 1 fully saturated rings. The van der Waals surface area contributed by atoms with Crippen molar-refractivity contribution in [1.82, 2.24) is 5.43 Å². The van der Waals surface area contributed by atoms with Gasteiger partial charge in [-0.25, -0.2) is 5.43 Å². The molecule has 0 aliphatic heterocycles. The third-order valence-electron chi connectivity index (χ3n) is 5.96. The largest absolute Gasteiger partial charge is 0.273 e. The van der Waals surface area contributed by atoms with E-state index >= 15 is 0 Å². The second-order valence-corrected chi connectivity index (χ2v) is 7.64. The predicted octanol–water partition coefficient (Wildman–Crippen LogP) is 4.58. The second kappa shape index (κ2) is 6.34. The average Bonchev–Trinajstić information content (AvgIpc) is 3.41. The maximum Gasteiger partial charge on any atom is 0.243 e. The highest BCUT2D eigenvalue weighted by atomic mass is 16.2. The van der Waals surface area contributed by atoms with E-state index in [1.165, 1.54) is 27.5 Å². The van der Waals surface area contributed by atoms with Crippen LogP contribution in [-0.2, 0) is 17.6 Å². The number of benzene rings is 3. The van der Waals surface area contributed by atoms with Gasteiger partial charge >= 0.3 is 0 Å². The predicted molar refractivity (Wildman–Crippen MR) is 109 cm³/mol. The SMILES string of the molecule is C/C(=N/NC(=O)[C@@H]1C[C@H]1c1ccccc1)c1ccc2c3c(cccc13)CC2. The van der Waals surface area contributed by atoms with E-state index < -0.39 is 0 Å². The molecule has 3 heteroatoms. The normalized spacial score (nSPS) is 20.7. The minimum atomic E-state index is 0.0223. The maximum atomic E-state index is 12.5. The van der Waals surface area contributed by atoms with Gasteiger partial charge in [-0.3, -0.25) is 4.79 Å². The van der Waals surface area contributed by atoms with Crippen molar-refractivity contribution >= 4 is 22.4 Å². The van der Waals surface area contributed by atoms with Crippen LogP contribution in [0, 0.1) is 5.92 Å². The molecule has 3 aromatic rings. The van der Waals surface area contributed by atoms with Crippen LogP contribution >= 0.6 is 0 Å². The molecule has 0 heterocycles. The lowest BCUT2D eigenvalue weighted by molar-refractivity contribution is -0.122. The first-order valence-electron chi connectivity index (χ1n) is 9.65. The van der Waals surface area contributed by atoms with Crippen molar-refractivity contribution < 1.29 is 4.79 Å². The Morgan fingerprint density at radius 3 is 2.56 bits per heavy atom. The Bertz CT molecular complexity index is 1060. The Labute approximate surface area is 159 Å². The molecule has 1 saturated carbocycles. The monoisotopic (exact) mass is 354 g/mol. The molecule has 1 N–H and O–H groups in total. The summed E-state index contributed by atoms with van der Waals surface area (Å²) in [5, 5.41) is 7.05. The molecule has 27 heavy (non-hydrogen) atoms. The molecular weight excluding hydrogens is 332 g/mol. The minimum Gasteiger partial charge on any atom is -0.273 e. The number of rotatable bonds is 4. The van der Waals surface area contributed by atoms with E-state index in [-0.39, 0.29) is 11.8 Å². The standard InChI is InChI=1S/C24H22N2O/c1-15(19-13-12-18-11-10-17-8-5-9-20(19)23(17)18)25-26-24(27)22-14-21(22)16-6-3-2-4-7-16/h2-9,12-13,21-22H,10-11,14H2,1H3,(H,26,27)/b25-15-/t21-,22+/m0/s1. The summed E-state index contributed by atoms with van der Waals surface area (Å²) in [6, 6.07) is 21.1. The van der Waals surface area contributed by atoms with E-state index in [9.17, 15) is 4.79 Å². The first-order valence-corrected chi connectivity index (χ1v) is 9.65. The number of nitrogens with one attached hydrogen (secondary N) is 1. The maximum absolute atomic E-state index is 12.5. The Morgan fingerprint density at radius 2 is 1.74 bits per heavy atom. The van der Waals surface area contributed by atoms with E-state index in [0.29, 0.717) is 5.92 Å². The van der Waals surface area contributed by atoms with Gasteiger partial charge in [-0.1, -0.05) is 60.7 Å². The number of hydrazone groups is 1. The van der Waals surface area contributed by atoms with Gasteiger partial charge in [0.05, 0.1) is 5.71 Å². The summed E-state index contributed by atoms with van der Waals surface area (Å²) in [6.45, 7) is 1.97. The molecule has 1 amide bonds. The molecule has 0 aromatic heterocycles. The molecule has 2 aliphatic carbocycles. The van der Waals surface area contributed by atoms with Crippen molar-refractivity contribution in [3.8, 4) is 0 Å². The Morgan fingerprint density at radius 1 is 0.963 bits per heavy atom. The number of carbonyl (C=O) groups excluding carboxylic acids is 1. The van der Waals surface area contributed by atoms with Crippen LogP contribution in [0.5, 0.6) is 0 Å². The smallest absolute Gasteiger partial charge is 0.243 e. The molecular formula is C24H22N2O.